The highest BCUT2D eigenvalue weighted by Crippen LogP contribution is 2.17. The lowest BCUT2D eigenvalue weighted by Gasteiger charge is -2.23. The summed E-state index contributed by atoms with van der Waals surface area (Å²) in [5, 5.41) is 1.75. The first-order valence-corrected chi connectivity index (χ1v) is 10.2. The van der Waals surface area contributed by atoms with Crippen LogP contribution in [0.3, 0.4) is 0 Å². The number of hydrazine groups is 1. The molecular weight excluding hydrogens is 381 g/mol. The fourth-order valence-electron chi connectivity index (χ4n) is 2.86. The van der Waals surface area contributed by atoms with Crippen molar-refractivity contribution < 1.29 is 4.79 Å². The molecule has 0 aliphatic rings. The Hall–Kier alpha value is -1.91. The van der Waals surface area contributed by atoms with Gasteiger partial charge >= 0.3 is 0 Å². The Kier molecular flexibility index (Phi) is 9.29. The third-order valence-electron chi connectivity index (χ3n) is 4.32. The number of hydrogen-bond acceptors (Lipinski definition) is 3. The van der Waals surface area contributed by atoms with Crippen LogP contribution in [0.5, 0.6) is 0 Å². The van der Waals surface area contributed by atoms with Gasteiger partial charge in [0.2, 0.25) is 5.91 Å². The first-order valence-electron chi connectivity index (χ1n) is 9.18. The molecule has 6 heteroatoms. The molecule has 0 radical (unpaired) electrons. The van der Waals surface area contributed by atoms with Gasteiger partial charge in [-0.3, -0.25) is 15.2 Å². The Morgan fingerprint density at radius 1 is 0.926 bits per heavy atom. The van der Waals surface area contributed by atoms with Crippen LogP contribution >= 0.6 is 23.2 Å². The summed E-state index contributed by atoms with van der Waals surface area (Å²) in [6, 6.07) is 18.2. The summed E-state index contributed by atoms with van der Waals surface area (Å²) in [5.41, 5.74) is 6.20. The largest absolute Gasteiger partial charge is 0.369 e. The van der Waals surface area contributed by atoms with E-state index in [-0.39, 0.29) is 5.91 Å². The number of para-hydroxylation sites is 1. The molecule has 1 amide bonds. The molecule has 2 rings (SSSR count). The van der Waals surface area contributed by atoms with Gasteiger partial charge in [-0.1, -0.05) is 30.3 Å². The molecule has 0 spiro atoms. The van der Waals surface area contributed by atoms with Gasteiger partial charge in [-0.15, -0.1) is 23.2 Å². The van der Waals surface area contributed by atoms with Crippen molar-refractivity contribution in [2.24, 2.45) is 0 Å². The zero-order valence-electron chi connectivity index (χ0n) is 15.7. The van der Waals surface area contributed by atoms with Crippen LogP contribution in [0.4, 0.5) is 11.4 Å². The summed E-state index contributed by atoms with van der Waals surface area (Å²) in [4.78, 5) is 14.3. The standard InChI is InChI=1S/C21H27Cl2N3O/c1-25(19-7-3-2-4-8-19)24-21(27)9-5-6-18-10-12-20(13-11-18)26(16-14-22)17-15-23/h2-4,7-8,10-13H,5-6,9,14-17H2,1H3,(H,24,27). The predicted molar refractivity (Wildman–Crippen MR) is 116 cm³/mol. The van der Waals surface area contributed by atoms with Crippen LogP contribution in [0.1, 0.15) is 18.4 Å². The molecule has 4 nitrogen and oxygen atoms in total. The fourth-order valence-corrected chi connectivity index (χ4v) is 3.27. The third kappa shape index (κ3) is 7.31. The van der Waals surface area contributed by atoms with Crippen LogP contribution in [0, 0.1) is 0 Å². The molecule has 1 N–H and O–H groups in total. The maximum Gasteiger partial charge on any atom is 0.238 e. The van der Waals surface area contributed by atoms with Gasteiger partial charge in [0, 0.05) is 44.0 Å². The minimum atomic E-state index is 0.0216. The van der Waals surface area contributed by atoms with E-state index in [2.05, 4.69) is 34.6 Å². The molecule has 0 saturated heterocycles. The van der Waals surface area contributed by atoms with Crippen LogP contribution in [-0.4, -0.2) is 37.8 Å². The lowest BCUT2D eigenvalue weighted by atomic mass is 10.1. The number of benzene rings is 2. The number of halogens is 2. The quantitative estimate of drug-likeness (QED) is 0.441. The van der Waals surface area contributed by atoms with Crippen LogP contribution in [0.2, 0.25) is 0 Å². The molecule has 2 aromatic rings. The molecule has 0 aliphatic carbocycles. The first kappa shape index (κ1) is 21.4. The topological polar surface area (TPSA) is 35.6 Å². The van der Waals surface area contributed by atoms with Gasteiger partial charge in [-0.05, 0) is 42.7 Å². The van der Waals surface area contributed by atoms with Gasteiger partial charge in [0.1, 0.15) is 0 Å². The van der Waals surface area contributed by atoms with Crippen molar-refractivity contribution in [3.63, 3.8) is 0 Å². The SMILES string of the molecule is CN(NC(=O)CCCc1ccc(N(CCCl)CCCl)cc1)c1ccccc1. The maximum atomic E-state index is 12.1. The van der Waals surface area contributed by atoms with E-state index < -0.39 is 0 Å². The summed E-state index contributed by atoms with van der Waals surface area (Å²) >= 11 is 11.7. The molecular formula is C21H27Cl2N3O. The second-order valence-electron chi connectivity index (χ2n) is 6.31. The van der Waals surface area contributed by atoms with Crippen molar-refractivity contribution >= 4 is 40.5 Å². The molecule has 0 bridgehead atoms. The molecule has 0 fully saturated rings. The van der Waals surface area contributed by atoms with Crippen molar-refractivity contribution in [3.8, 4) is 0 Å². The number of alkyl halides is 2. The molecule has 0 aromatic heterocycles. The maximum absolute atomic E-state index is 12.1. The van der Waals surface area contributed by atoms with E-state index in [1.165, 1.54) is 5.56 Å². The monoisotopic (exact) mass is 407 g/mol. The highest BCUT2D eigenvalue weighted by molar-refractivity contribution is 6.18. The van der Waals surface area contributed by atoms with Crippen LogP contribution in [0.25, 0.3) is 0 Å². The van der Waals surface area contributed by atoms with Crippen molar-refractivity contribution in [2.45, 2.75) is 19.3 Å². The summed E-state index contributed by atoms with van der Waals surface area (Å²) in [7, 11) is 1.85. The molecule has 0 heterocycles. The van der Waals surface area contributed by atoms with Crippen LogP contribution < -0.4 is 15.3 Å². The third-order valence-corrected chi connectivity index (χ3v) is 4.65. The molecule has 146 valence electrons. The summed E-state index contributed by atoms with van der Waals surface area (Å²) in [5.74, 6) is 1.17. The van der Waals surface area contributed by atoms with Crippen molar-refractivity contribution in [2.75, 3.05) is 41.8 Å². The molecule has 0 saturated carbocycles. The number of rotatable bonds is 11. The Labute approximate surface area is 172 Å². The number of nitrogens with one attached hydrogen (secondary N) is 1. The first-order chi connectivity index (χ1) is 13.1. The highest BCUT2D eigenvalue weighted by Gasteiger charge is 2.07. The minimum Gasteiger partial charge on any atom is -0.369 e. The average Bonchev–Trinajstić information content (AvgIpc) is 2.69. The molecule has 2 aromatic carbocycles. The number of hydrogen-bond donors (Lipinski definition) is 1. The van der Waals surface area contributed by atoms with Crippen molar-refractivity contribution in [1.29, 1.82) is 0 Å². The van der Waals surface area contributed by atoms with E-state index in [0.717, 1.165) is 37.3 Å². The number of aryl methyl sites for hydroxylation is 1. The zero-order chi connectivity index (χ0) is 19.5. The number of amides is 1. The fraction of sp³-hybridized carbons (Fsp3) is 0.381. The van der Waals surface area contributed by atoms with E-state index in [0.29, 0.717) is 18.2 Å². The predicted octanol–water partition coefficient (Wildman–Crippen LogP) is 4.46. The Bertz CT molecular complexity index is 674. The van der Waals surface area contributed by atoms with E-state index in [9.17, 15) is 4.79 Å². The van der Waals surface area contributed by atoms with E-state index >= 15 is 0 Å². The Morgan fingerprint density at radius 2 is 1.56 bits per heavy atom. The Balaban J connectivity index is 1.77. The Morgan fingerprint density at radius 3 is 2.15 bits per heavy atom. The van der Waals surface area contributed by atoms with Gasteiger partial charge in [0.25, 0.3) is 0 Å². The van der Waals surface area contributed by atoms with Crippen molar-refractivity contribution in [1.82, 2.24) is 5.43 Å². The molecule has 0 atom stereocenters. The van der Waals surface area contributed by atoms with Gasteiger partial charge < -0.3 is 4.90 Å². The van der Waals surface area contributed by atoms with E-state index in [4.69, 9.17) is 23.2 Å². The van der Waals surface area contributed by atoms with Gasteiger partial charge in [-0.2, -0.15) is 0 Å². The van der Waals surface area contributed by atoms with E-state index in [1.54, 1.807) is 5.01 Å². The summed E-state index contributed by atoms with van der Waals surface area (Å²) < 4.78 is 0. The highest BCUT2D eigenvalue weighted by atomic mass is 35.5. The molecule has 0 unspecified atom stereocenters. The number of carbonyl (C=O) groups excluding carboxylic acids is 1. The smallest absolute Gasteiger partial charge is 0.238 e. The second kappa shape index (κ2) is 11.7. The van der Waals surface area contributed by atoms with Crippen LogP contribution in [0.15, 0.2) is 54.6 Å². The average molecular weight is 408 g/mol. The zero-order valence-corrected chi connectivity index (χ0v) is 17.2. The summed E-state index contributed by atoms with van der Waals surface area (Å²) in [6.45, 7) is 1.56. The second-order valence-corrected chi connectivity index (χ2v) is 7.07. The number of nitrogens with zero attached hydrogens (tertiary/aromatic N) is 2. The summed E-state index contributed by atoms with van der Waals surface area (Å²) in [6.07, 6.45) is 2.16. The lowest BCUT2D eigenvalue weighted by molar-refractivity contribution is -0.121. The minimum absolute atomic E-state index is 0.0216. The normalized spacial score (nSPS) is 10.5. The number of carbonyl (C=O) groups is 1. The van der Waals surface area contributed by atoms with Gasteiger partial charge in [0.15, 0.2) is 0 Å². The van der Waals surface area contributed by atoms with Gasteiger partial charge in [-0.25, -0.2) is 0 Å². The van der Waals surface area contributed by atoms with E-state index in [1.807, 2.05) is 37.4 Å². The lowest BCUT2D eigenvalue weighted by Crippen LogP contribution is -2.39. The van der Waals surface area contributed by atoms with Gasteiger partial charge in [0.05, 0.1) is 5.69 Å². The number of anilines is 2. The molecule has 27 heavy (non-hydrogen) atoms. The van der Waals surface area contributed by atoms with Crippen molar-refractivity contribution in [3.05, 3.63) is 60.2 Å². The van der Waals surface area contributed by atoms with Crippen LogP contribution in [-0.2, 0) is 11.2 Å². The molecule has 0 aliphatic heterocycles.